The topological polar surface area (TPSA) is 66.4 Å². The molecule has 24 heavy (non-hydrogen) atoms. The number of halogens is 1. The molecule has 8 heteroatoms. The van der Waals surface area contributed by atoms with E-state index in [2.05, 4.69) is 24.8 Å². The van der Waals surface area contributed by atoms with E-state index in [9.17, 15) is 4.79 Å². The molecule has 2 heterocycles. The third-order valence-electron chi connectivity index (χ3n) is 4.56. The predicted molar refractivity (Wildman–Crippen MR) is 105 cm³/mol. The summed E-state index contributed by atoms with van der Waals surface area (Å²) in [5, 5.41) is 3.41. The molecule has 7 nitrogen and oxygen atoms in total. The summed E-state index contributed by atoms with van der Waals surface area (Å²) in [7, 11) is 3.26. The molecule has 1 N–H and O–H groups in total. The molecule has 2 rings (SSSR count). The molecule has 0 aromatic rings. The Bertz CT molecular complexity index is 403. The molecule has 0 amide bonds. The van der Waals surface area contributed by atoms with Crippen LogP contribution >= 0.6 is 24.0 Å². The molecule has 0 aromatic carbocycles. The van der Waals surface area contributed by atoms with Crippen molar-refractivity contribution in [2.24, 2.45) is 4.99 Å². The lowest BCUT2D eigenvalue weighted by Crippen LogP contribution is -2.46. The SMILES string of the molecule is CN=C(NCCCCC(=O)OC)N1CCC(N2CCOCC2)C1.I. The van der Waals surface area contributed by atoms with Gasteiger partial charge in [-0.15, -0.1) is 24.0 Å². The third kappa shape index (κ3) is 6.72. The smallest absolute Gasteiger partial charge is 0.305 e. The Morgan fingerprint density at radius 3 is 2.71 bits per heavy atom. The van der Waals surface area contributed by atoms with Gasteiger partial charge in [0.2, 0.25) is 0 Å². The number of rotatable bonds is 6. The second-order valence-corrected chi connectivity index (χ2v) is 6.04. The van der Waals surface area contributed by atoms with Crippen molar-refractivity contribution in [2.45, 2.75) is 31.7 Å². The summed E-state index contributed by atoms with van der Waals surface area (Å²) in [4.78, 5) is 20.3. The molecule has 0 spiro atoms. The molecule has 0 bridgehead atoms. The molecule has 2 aliphatic rings. The minimum atomic E-state index is -0.137. The number of methoxy groups -OCH3 is 1. The molecule has 0 aromatic heterocycles. The van der Waals surface area contributed by atoms with Gasteiger partial charge in [0.05, 0.1) is 20.3 Å². The molecule has 2 fully saturated rings. The van der Waals surface area contributed by atoms with Gasteiger partial charge in [0.15, 0.2) is 5.96 Å². The molecular formula is C16H31IN4O3. The van der Waals surface area contributed by atoms with Crippen LogP contribution in [0.3, 0.4) is 0 Å². The highest BCUT2D eigenvalue weighted by Crippen LogP contribution is 2.17. The summed E-state index contributed by atoms with van der Waals surface area (Å²) in [6.07, 6.45) is 3.45. The number of nitrogens with one attached hydrogen (secondary N) is 1. The van der Waals surface area contributed by atoms with E-state index < -0.39 is 0 Å². The first-order chi connectivity index (χ1) is 11.2. The fourth-order valence-electron chi connectivity index (χ4n) is 3.20. The van der Waals surface area contributed by atoms with Gasteiger partial charge in [-0.2, -0.15) is 0 Å². The van der Waals surface area contributed by atoms with E-state index in [1.165, 1.54) is 13.5 Å². The highest BCUT2D eigenvalue weighted by Gasteiger charge is 2.30. The van der Waals surface area contributed by atoms with Gasteiger partial charge in [-0.3, -0.25) is 14.7 Å². The number of hydrogen-bond acceptors (Lipinski definition) is 5. The number of likely N-dealkylation sites (tertiary alicyclic amines) is 1. The lowest BCUT2D eigenvalue weighted by atomic mass is 10.2. The maximum Gasteiger partial charge on any atom is 0.305 e. The zero-order valence-electron chi connectivity index (χ0n) is 14.8. The quantitative estimate of drug-likeness (QED) is 0.212. The van der Waals surface area contributed by atoms with Crippen molar-refractivity contribution in [1.82, 2.24) is 15.1 Å². The average molecular weight is 454 g/mol. The van der Waals surface area contributed by atoms with E-state index in [0.29, 0.717) is 12.5 Å². The van der Waals surface area contributed by atoms with Gasteiger partial charge in [0, 0.05) is 52.2 Å². The Labute approximate surface area is 162 Å². The fraction of sp³-hybridized carbons (Fsp3) is 0.875. The van der Waals surface area contributed by atoms with E-state index in [4.69, 9.17) is 4.74 Å². The molecule has 0 saturated carbocycles. The monoisotopic (exact) mass is 454 g/mol. The number of morpholine rings is 1. The van der Waals surface area contributed by atoms with Crippen LogP contribution in [0.5, 0.6) is 0 Å². The van der Waals surface area contributed by atoms with Crippen LogP contribution in [0.15, 0.2) is 4.99 Å². The molecular weight excluding hydrogens is 423 g/mol. The molecule has 2 saturated heterocycles. The lowest BCUT2D eigenvalue weighted by molar-refractivity contribution is -0.140. The van der Waals surface area contributed by atoms with E-state index >= 15 is 0 Å². The summed E-state index contributed by atoms with van der Waals surface area (Å²) in [6.45, 7) is 6.69. The van der Waals surface area contributed by atoms with Crippen LogP contribution in [0, 0.1) is 0 Å². The second-order valence-electron chi connectivity index (χ2n) is 6.04. The van der Waals surface area contributed by atoms with Gasteiger partial charge < -0.3 is 19.7 Å². The Balaban J connectivity index is 0.00000288. The Hall–Kier alpha value is -0.610. The van der Waals surface area contributed by atoms with Crippen molar-refractivity contribution in [3.8, 4) is 0 Å². The number of esters is 1. The number of unbranched alkanes of at least 4 members (excludes halogenated alkanes) is 1. The fourth-order valence-corrected chi connectivity index (χ4v) is 3.20. The summed E-state index contributed by atoms with van der Waals surface area (Å²) >= 11 is 0. The standard InChI is InChI=1S/C16H30N4O3.HI/c1-17-16(18-7-4-3-5-15(21)22-2)20-8-6-14(13-20)19-9-11-23-12-10-19;/h14H,3-13H2,1-2H3,(H,17,18);1H. The predicted octanol–water partition coefficient (Wildman–Crippen LogP) is 0.930. The average Bonchev–Trinajstić information content (AvgIpc) is 3.08. The largest absolute Gasteiger partial charge is 0.469 e. The van der Waals surface area contributed by atoms with Gasteiger partial charge in [0.1, 0.15) is 0 Å². The lowest BCUT2D eigenvalue weighted by Gasteiger charge is -2.32. The van der Waals surface area contributed by atoms with Crippen molar-refractivity contribution >= 4 is 35.9 Å². The Morgan fingerprint density at radius 2 is 2.04 bits per heavy atom. The first-order valence-electron chi connectivity index (χ1n) is 8.58. The zero-order valence-corrected chi connectivity index (χ0v) is 17.2. The molecule has 1 atom stereocenters. The van der Waals surface area contributed by atoms with Crippen molar-refractivity contribution in [3.63, 3.8) is 0 Å². The van der Waals surface area contributed by atoms with E-state index in [0.717, 1.165) is 64.7 Å². The number of ether oxygens (including phenoxy) is 2. The number of nitrogens with zero attached hydrogens (tertiary/aromatic N) is 3. The van der Waals surface area contributed by atoms with Gasteiger partial charge in [-0.1, -0.05) is 0 Å². The molecule has 0 radical (unpaired) electrons. The molecule has 1 unspecified atom stereocenters. The number of guanidine groups is 1. The van der Waals surface area contributed by atoms with E-state index in [1.807, 2.05) is 7.05 Å². The maximum atomic E-state index is 11.1. The van der Waals surface area contributed by atoms with Crippen LogP contribution < -0.4 is 5.32 Å². The van der Waals surface area contributed by atoms with Gasteiger partial charge in [-0.25, -0.2) is 0 Å². The van der Waals surface area contributed by atoms with Crippen molar-refractivity contribution in [2.75, 3.05) is 60.1 Å². The first kappa shape index (κ1) is 21.4. The summed E-state index contributed by atoms with van der Waals surface area (Å²) in [5.74, 6) is 0.834. The molecule has 2 aliphatic heterocycles. The second kappa shape index (κ2) is 11.9. The van der Waals surface area contributed by atoms with Crippen LogP contribution in [0.4, 0.5) is 0 Å². The van der Waals surface area contributed by atoms with Gasteiger partial charge in [0.25, 0.3) is 0 Å². The van der Waals surface area contributed by atoms with Gasteiger partial charge >= 0.3 is 5.97 Å². The molecule has 0 aliphatic carbocycles. The van der Waals surface area contributed by atoms with Crippen molar-refractivity contribution < 1.29 is 14.3 Å². The zero-order chi connectivity index (χ0) is 16.5. The van der Waals surface area contributed by atoms with Crippen LogP contribution in [0.25, 0.3) is 0 Å². The number of hydrogen-bond donors (Lipinski definition) is 1. The number of aliphatic imine (C=N–C) groups is 1. The number of carbonyl (C=O) groups is 1. The number of carbonyl (C=O) groups excluding carboxylic acids is 1. The highest BCUT2D eigenvalue weighted by atomic mass is 127. The maximum absolute atomic E-state index is 11.1. The van der Waals surface area contributed by atoms with Crippen molar-refractivity contribution in [1.29, 1.82) is 0 Å². The summed E-state index contributed by atoms with van der Waals surface area (Å²) in [5.41, 5.74) is 0. The van der Waals surface area contributed by atoms with E-state index in [-0.39, 0.29) is 29.9 Å². The minimum Gasteiger partial charge on any atom is -0.469 e. The summed E-state index contributed by atoms with van der Waals surface area (Å²) < 4.78 is 10.1. The van der Waals surface area contributed by atoms with Gasteiger partial charge in [-0.05, 0) is 19.3 Å². The third-order valence-corrected chi connectivity index (χ3v) is 4.56. The van der Waals surface area contributed by atoms with Crippen LogP contribution in [0.1, 0.15) is 25.7 Å². The first-order valence-corrected chi connectivity index (χ1v) is 8.58. The van der Waals surface area contributed by atoms with Crippen LogP contribution in [-0.4, -0.2) is 87.9 Å². The van der Waals surface area contributed by atoms with Crippen LogP contribution in [-0.2, 0) is 14.3 Å². The Morgan fingerprint density at radius 1 is 1.29 bits per heavy atom. The van der Waals surface area contributed by atoms with Crippen LogP contribution in [0.2, 0.25) is 0 Å². The Kier molecular flexibility index (Phi) is 10.6. The van der Waals surface area contributed by atoms with E-state index in [1.54, 1.807) is 0 Å². The minimum absolute atomic E-state index is 0. The van der Waals surface area contributed by atoms with Crippen molar-refractivity contribution in [3.05, 3.63) is 0 Å². The molecule has 140 valence electrons. The highest BCUT2D eigenvalue weighted by molar-refractivity contribution is 14.0. The summed E-state index contributed by atoms with van der Waals surface area (Å²) in [6, 6.07) is 0.608. The normalized spacial score (nSPS) is 22.2.